The average Bonchev–Trinajstić information content (AvgIpc) is 1.69. The summed E-state index contributed by atoms with van der Waals surface area (Å²) in [6.07, 6.45) is -50.1. The molecule has 7 heterocycles. The normalized spacial score (nSPS) is 52.0. The smallest absolute Gasteiger partial charge is 0.187 e. The van der Waals surface area contributed by atoms with Crippen LogP contribution in [0.4, 0.5) is 0 Å². The summed E-state index contributed by atoms with van der Waals surface area (Å²) < 4.78 is 82.8. The van der Waals surface area contributed by atoms with Crippen molar-refractivity contribution < 1.29 is 184 Å². The molecule has 107 heavy (non-hydrogen) atoms. The molecule has 45 atom stereocenters. The Labute approximate surface area is 618 Å². The summed E-state index contributed by atoms with van der Waals surface area (Å²) in [6.45, 7) is 5.66. The molecule has 0 bridgehead atoms. The summed E-state index contributed by atoms with van der Waals surface area (Å²) in [5, 5.41) is 246. The summed E-state index contributed by atoms with van der Waals surface area (Å²) >= 11 is 0. The molecule has 37 heteroatoms. The summed E-state index contributed by atoms with van der Waals surface area (Å²) in [6, 6.07) is 0. The number of aliphatic hydroxyl groups is 23. The zero-order valence-electron chi connectivity index (χ0n) is 60.6. The first-order valence-electron chi connectivity index (χ1n) is 37.8. The quantitative estimate of drug-likeness (QED) is 0.0340. The van der Waals surface area contributed by atoms with Gasteiger partial charge in [0.2, 0.25) is 0 Å². The lowest BCUT2D eigenvalue weighted by atomic mass is 9.47. The number of allylic oxidation sites excluding steroid dienone is 1. The van der Waals surface area contributed by atoms with Gasteiger partial charge in [0, 0.05) is 0 Å². The molecular formula is C70H118O37. The molecule has 7 aliphatic heterocycles. The van der Waals surface area contributed by atoms with E-state index in [-0.39, 0.29) is 29.3 Å². The molecule has 0 amide bonds. The molecule has 4 aliphatic carbocycles. The third-order valence-electron chi connectivity index (χ3n) is 26.0. The molecule has 23 N–H and O–H groups in total. The monoisotopic (exact) mass is 1550 g/mol. The minimum absolute atomic E-state index is 0.0261. The highest BCUT2D eigenvalue weighted by Crippen LogP contribution is 2.68. The first kappa shape index (κ1) is 86.1. The van der Waals surface area contributed by atoms with Crippen LogP contribution in [-0.4, -0.2) is 391 Å². The Morgan fingerprint density at radius 1 is 0.374 bits per heavy atom. The standard InChI is InChI=1S/C70H118O37/c1-25(27(3)23-94-67-60(50(86)45(81)40(103-67)24-95-62-53(89)46(82)41(77)34(17-71)97-62)106-65-56(92)51(87)58(38(21-75)101-65)104-63-54(90)47(83)42(78)35(18-72)98-63)6-7-26(2)31-10-11-32-30-9-8-28-16-29(12-14-69(28,4)33(30)13-15-70(31,32)5)96-68-61(49(85)44(80)37(20-74)100-68)107-66-57(93)52(88)59(39(22-76)102-66)105-64-55(91)48(84)43(79)36(19-73)99-64/h8,25-27,29-68,71-93H,6-7,9-24H2,1-5H3. The SMILES string of the molecule is CC(CCC(C)C1CCC2C3CC=C4CC(OC5OC(CO)C(O)C(O)C5OC5OC(CO)C(OC6OC(CO)C(O)C(O)C6O)C(O)C5O)CCC4(C)C3CCC12C)C(C)COC1OC(COC2OC(CO)C(O)C(O)C2O)C(O)C(O)C1OC1OC(CO)C(OC2OC(CO)C(O)C(O)C2O)C(O)C1O. The minimum atomic E-state index is -2.06. The predicted octanol–water partition coefficient (Wildman–Crippen LogP) is -8.62. The Hall–Kier alpha value is -1.74. The highest BCUT2D eigenvalue weighted by Gasteiger charge is 2.62. The van der Waals surface area contributed by atoms with Gasteiger partial charge < -0.3 is 184 Å². The number of aliphatic hydroxyl groups excluding tert-OH is 23. The third-order valence-corrected chi connectivity index (χ3v) is 26.0. The second-order valence-corrected chi connectivity index (χ2v) is 32.3. The lowest BCUT2D eigenvalue weighted by Crippen LogP contribution is -2.66. The van der Waals surface area contributed by atoms with Crippen molar-refractivity contribution >= 4 is 0 Å². The number of fused-ring (bicyclic) bond motifs is 5. The summed E-state index contributed by atoms with van der Waals surface area (Å²) in [4.78, 5) is 0. The Bertz CT molecular complexity index is 2800. The van der Waals surface area contributed by atoms with Crippen LogP contribution in [0.25, 0.3) is 0 Å². The Morgan fingerprint density at radius 2 is 0.776 bits per heavy atom. The summed E-state index contributed by atoms with van der Waals surface area (Å²) in [5.74, 6) is 1.81. The van der Waals surface area contributed by atoms with Crippen LogP contribution in [0.15, 0.2) is 11.6 Å². The first-order chi connectivity index (χ1) is 50.8. The van der Waals surface area contributed by atoms with E-state index in [1.165, 1.54) is 5.57 Å². The van der Waals surface area contributed by atoms with Gasteiger partial charge in [0.25, 0.3) is 0 Å². The molecule has 0 aromatic heterocycles. The lowest BCUT2D eigenvalue weighted by Gasteiger charge is -2.58. The van der Waals surface area contributed by atoms with E-state index in [2.05, 4.69) is 33.8 Å². The van der Waals surface area contributed by atoms with Gasteiger partial charge in [-0.3, -0.25) is 0 Å². The molecule has 620 valence electrons. The topological polar surface area (TPSA) is 595 Å². The van der Waals surface area contributed by atoms with Crippen LogP contribution in [0.5, 0.6) is 0 Å². The molecule has 11 rings (SSSR count). The Morgan fingerprint density at radius 3 is 1.27 bits per heavy atom. The zero-order valence-corrected chi connectivity index (χ0v) is 60.6. The Kier molecular flexibility index (Phi) is 29.1. The second-order valence-electron chi connectivity index (χ2n) is 32.3. The van der Waals surface area contributed by atoms with E-state index < -0.39 is 267 Å². The molecule has 45 unspecified atom stereocenters. The molecule has 0 aromatic carbocycles. The van der Waals surface area contributed by atoms with Crippen LogP contribution in [0.2, 0.25) is 0 Å². The number of hydrogen-bond acceptors (Lipinski definition) is 37. The van der Waals surface area contributed by atoms with Gasteiger partial charge in [-0.25, -0.2) is 0 Å². The maximum absolute atomic E-state index is 11.9. The van der Waals surface area contributed by atoms with Crippen molar-refractivity contribution in [2.75, 3.05) is 52.9 Å². The van der Waals surface area contributed by atoms with E-state index in [4.69, 9.17) is 66.3 Å². The minimum Gasteiger partial charge on any atom is -0.394 e. The van der Waals surface area contributed by atoms with Crippen molar-refractivity contribution in [3.8, 4) is 0 Å². The van der Waals surface area contributed by atoms with Crippen molar-refractivity contribution in [3.63, 3.8) is 0 Å². The maximum atomic E-state index is 11.9. The van der Waals surface area contributed by atoms with Gasteiger partial charge in [-0.2, -0.15) is 0 Å². The molecule has 7 saturated heterocycles. The van der Waals surface area contributed by atoms with Crippen LogP contribution in [0, 0.1) is 52.3 Å². The maximum Gasteiger partial charge on any atom is 0.187 e. The largest absolute Gasteiger partial charge is 0.394 e. The van der Waals surface area contributed by atoms with E-state index >= 15 is 0 Å². The number of hydrogen-bond donors (Lipinski definition) is 23. The van der Waals surface area contributed by atoms with E-state index in [9.17, 15) is 117 Å². The van der Waals surface area contributed by atoms with Gasteiger partial charge in [-0.1, -0.05) is 59.1 Å². The van der Waals surface area contributed by atoms with Crippen LogP contribution in [0.3, 0.4) is 0 Å². The van der Waals surface area contributed by atoms with Crippen molar-refractivity contribution in [3.05, 3.63) is 11.6 Å². The molecule has 3 saturated carbocycles. The molecule has 37 nitrogen and oxygen atoms in total. The highest BCUT2D eigenvalue weighted by molar-refractivity contribution is 5.26. The van der Waals surface area contributed by atoms with Crippen LogP contribution >= 0.6 is 0 Å². The predicted molar refractivity (Wildman–Crippen MR) is 353 cm³/mol. The molecule has 0 aromatic rings. The molecule has 11 aliphatic rings. The molecule has 0 radical (unpaired) electrons. The van der Waals surface area contributed by atoms with E-state index in [0.29, 0.717) is 42.4 Å². The van der Waals surface area contributed by atoms with Gasteiger partial charge in [0.05, 0.1) is 59.0 Å². The van der Waals surface area contributed by atoms with E-state index in [1.54, 1.807) is 0 Å². The highest BCUT2D eigenvalue weighted by atomic mass is 16.8. The van der Waals surface area contributed by atoms with Crippen molar-refractivity contribution in [1.29, 1.82) is 0 Å². The van der Waals surface area contributed by atoms with Gasteiger partial charge in [0.1, 0.15) is 171 Å². The zero-order chi connectivity index (χ0) is 77.7. The third kappa shape index (κ3) is 17.3. The van der Waals surface area contributed by atoms with Crippen LogP contribution < -0.4 is 0 Å². The Balaban J connectivity index is 0.702. The van der Waals surface area contributed by atoms with Gasteiger partial charge >= 0.3 is 0 Å². The fourth-order valence-corrected chi connectivity index (χ4v) is 19.0. The average molecular weight is 1550 g/mol. The van der Waals surface area contributed by atoms with Gasteiger partial charge in [0.15, 0.2) is 44.0 Å². The number of rotatable bonds is 27. The molecular weight excluding hydrogens is 1430 g/mol. The number of ether oxygens (including phenoxy) is 14. The van der Waals surface area contributed by atoms with Gasteiger partial charge in [-0.15, -0.1) is 0 Å². The fraction of sp³-hybridized carbons (Fsp3) is 0.971. The first-order valence-corrected chi connectivity index (χ1v) is 37.8. The second kappa shape index (κ2) is 36.2. The van der Waals surface area contributed by atoms with Gasteiger partial charge in [-0.05, 0) is 104 Å². The fourth-order valence-electron chi connectivity index (χ4n) is 19.0. The van der Waals surface area contributed by atoms with Crippen molar-refractivity contribution in [2.24, 2.45) is 52.3 Å². The summed E-state index contributed by atoms with van der Waals surface area (Å²) in [7, 11) is 0. The summed E-state index contributed by atoms with van der Waals surface area (Å²) in [5.41, 5.74) is 1.10. The van der Waals surface area contributed by atoms with E-state index in [0.717, 1.165) is 51.4 Å². The van der Waals surface area contributed by atoms with Crippen LogP contribution in [0.1, 0.15) is 98.8 Å². The molecule has 0 spiro atoms. The van der Waals surface area contributed by atoms with Crippen molar-refractivity contribution in [2.45, 2.75) is 320 Å². The van der Waals surface area contributed by atoms with Crippen LogP contribution in [-0.2, 0) is 66.3 Å². The lowest BCUT2D eigenvalue weighted by molar-refractivity contribution is -0.387. The van der Waals surface area contributed by atoms with Crippen molar-refractivity contribution in [1.82, 2.24) is 0 Å². The molecule has 10 fully saturated rings. The van der Waals surface area contributed by atoms with E-state index in [1.807, 2.05) is 6.92 Å².